The highest BCUT2D eigenvalue weighted by Gasteiger charge is 2.05. The zero-order chi connectivity index (χ0) is 15.9. The van der Waals surface area contributed by atoms with E-state index in [1.807, 2.05) is 42.5 Å². The fourth-order valence-electron chi connectivity index (χ4n) is 2.20. The summed E-state index contributed by atoms with van der Waals surface area (Å²) in [5.74, 6) is -0.425. The highest BCUT2D eigenvalue weighted by Crippen LogP contribution is 2.17. The van der Waals surface area contributed by atoms with Crippen molar-refractivity contribution in [1.29, 1.82) is 0 Å². The number of benzene rings is 2. The second-order valence-electron chi connectivity index (χ2n) is 5.16. The van der Waals surface area contributed by atoms with Crippen LogP contribution in [0.3, 0.4) is 0 Å². The van der Waals surface area contributed by atoms with E-state index in [1.54, 1.807) is 6.07 Å². The number of hydrogen-bond acceptors (Lipinski definition) is 3. The molecule has 1 unspecified atom stereocenters. The van der Waals surface area contributed by atoms with Gasteiger partial charge in [0, 0.05) is 22.4 Å². The molecule has 1 atom stereocenters. The van der Waals surface area contributed by atoms with Crippen molar-refractivity contribution >= 4 is 28.9 Å². The second kappa shape index (κ2) is 7.82. The summed E-state index contributed by atoms with van der Waals surface area (Å²) in [4.78, 5) is 11.2. The topological polar surface area (TPSA) is 61.4 Å². The van der Waals surface area contributed by atoms with Crippen LogP contribution in [0.25, 0.3) is 0 Å². The van der Waals surface area contributed by atoms with E-state index in [0.717, 1.165) is 17.1 Å². The minimum Gasteiger partial charge on any atom is -0.387 e. The molecule has 4 nitrogen and oxygen atoms in total. The van der Waals surface area contributed by atoms with Crippen LogP contribution < -0.4 is 10.6 Å². The van der Waals surface area contributed by atoms with Crippen molar-refractivity contribution in [3.63, 3.8) is 0 Å². The van der Waals surface area contributed by atoms with Crippen molar-refractivity contribution in [1.82, 2.24) is 0 Å². The van der Waals surface area contributed by atoms with E-state index in [1.165, 1.54) is 5.56 Å². The summed E-state index contributed by atoms with van der Waals surface area (Å²) in [5, 5.41) is 15.5. The minimum atomic E-state index is -0.523. The molecule has 0 aliphatic carbocycles. The van der Waals surface area contributed by atoms with Crippen LogP contribution >= 0.6 is 11.6 Å². The summed E-state index contributed by atoms with van der Waals surface area (Å²) >= 11 is 5.88. The molecule has 0 saturated carbocycles. The third-order valence-electron chi connectivity index (χ3n) is 3.16. The minimum absolute atomic E-state index is 0.227. The maximum atomic E-state index is 11.2. The molecule has 0 radical (unpaired) electrons. The smallest absolute Gasteiger partial charge is 0.250 e. The van der Waals surface area contributed by atoms with E-state index in [2.05, 4.69) is 17.6 Å². The molecule has 0 aromatic heterocycles. The molecule has 116 valence electrons. The first-order valence-electron chi connectivity index (χ1n) is 7.08. The normalized spacial score (nSPS) is 11.8. The average molecular weight is 319 g/mol. The fraction of sp³-hybridized carbons (Fsp3) is 0.235. The third kappa shape index (κ3) is 5.06. The molecule has 0 bridgehead atoms. The Morgan fingerprint density at radius 2 is 1.86 bits per heavy atom. The van der Waals surface area contributed by atoms with E-state index in [9.17, 15) is 4.79 Å². The number of aliphatic hydroxyl groups is 1. The molecule has 3 N–H and O–H groups in total. The van der Waals surface area contributed by atoms with Crippen LogP contribution in [0.4, 0.5) is 11.4 Å². The lowest BCUT2D eigenvalue weighted by Crippen LogP contribution is -2.19. The van der Waals surface area contributed by atoms with Crippen LogP contribution in [0.15, 0.2) is 48.5 Å². The lowest BCUT2D eigenvalue weighted by Gasteiger charge is -2.16. The first-order chi connectivity index (χ1) is 10.6. The molecule has 0 spiro atoms. The number of aliphatic hydroxyl groups excluding tert-OH is 1. The van der Waals surface area contributed by atoms with Gasteiger partial charge in [-0.25, -0.2) is 0 Å². The Morgan fingerprint density at radius 1 is 1.18 bits per heavy atom. The quantitative estimate of drug-likeness (QED) is 0.765. The van der Waals surface area contributed by atoms with Crippen LogP contribution in [-0.2, 0) is 11.2 Å². The maximum absolute atomic E-state index is 11.2. The van der Waals surface area contributed by atoms with Crippen LogP contribution in [0.1, 0.15) is 12.5 Å². The molecule has 0 saturated heterocycles. The standard InChI is InChI=1S/C17H19ClN2O2/c1-12(9-13-5-7-14(18)8-6-13)19-15-3-2-4-16(10-15)20-17(22)11-21/h2-8,10,12,19,21H,9,11H2,1H3,(H,20,22). The predicted octanol–water partition coefficient (Wildman–Crippen LogP) is 3.31. The lowest BCUT2D eigenvalue weighted by atomic mass is 10.1. The number of carbonyl (C=O) groups is 1. The van der Waals surface area contributed by atoms with Crippen LogP contribution in [0.5, 0.6) is 0 Å². The zero-order valence-electron chi connectivity index (χ0n) is 12.3. The number of halogens is 1. The molecule has 0 aliphatic rings. The number of nitrogens with one attached hydrogen (secondary N) is 2. The second-order valence-corrected chi connectivity index (χ2v) is 5.60. The number of hydrogen-bond donors (Lipinski definition) is 3. The maximum Gasteiger partial charge on any atom is 0.250 e. The van der Waals surface area contributed by atoms with Crippen molar-refractivity contribution in [3.05, 3.63) is 59.1 Å². The summed E-state index contributed by atoms with van der Waals surface area (Å²) in [5.41, 5.74) is 2.77. The highest BCUT2D eigenvalue weighted by molar-refractivity contribution is 6.30. The van der Waals surface area contributed by atoms with Gasteiger partial charge in [-0.1, -0.05) is 29.8 Å². The lowest BCUT2D eigenvalue weighted by molar-refractivity contribution is -0.118. The van der Waals surface area contributed by atoms with Crippen molar-refractivity contribution in [2.45, 2.75) is 19.4 Å². The molecule has 1 amide bonds. The monoisotopic (exact) mass is 318 g/mol. The summed E-state index contributed by atoms with van der Waals surface area (Å²) in [6.45, 7) is 1.57. The van der Waals surface area contributed by atoms with Gasteiger partial charge in [-0.2, -0.15) is 0 Å². The van der Waals surface area contributed by atoms with Gasteiger partial charge < -0.3 is 15.7 Å². The van der Waals surface area contributed by atoms with Crippen molar-refractivity contribution in [2.75, 3.05) is 17.2 Å². The molecule has 0 aliphatic heterocycles. The number of carbonyl (C=O) groups excluding carboxylic acids is 1. The summed E-state index contributed by atoms with van der Waals surface area (Å²) in [6.07, 6.45) is 0.865. The molecule has 22 heavy (non-hydrogen) atoms. The molecule has 2 rings (SSSR count). The summed E-state index contributed by atoms with van der Waals surface area (Å²) in [6, 6.07) is 15.4. The number of rotatable bonds is 6. The van der Waals surface area contributed by atoms with Gasteiger partial charge >= 0.3 is 0 Å². The Hall–Kier alpha value is -2.04. The Balaban J connectivity index is 1.96. The van der Waals surface area contributed by atoms with E-state index in [4.69, 9.17) is 16.7 Å². The van der Waals surface area contributed by atoms with Crippen LogP contribution in [0.2, 0.25) is 5.02 Å². The molecule has 0 heterocycles. The largest absolute Gasteiger partial charge is 0.387 e. The summed E-state index contributed by atoms with van der Waals surface area (Å²) < 4.78 is 0. The Kier molecular flexibility index (Phi) is 5.81. The van der Waals surface area contributed by atoms with E-state index in [-0.39, 0.29) is 6.04 Å². The first kappa shape index (κ1) is 16.3. The van der Waals surface area contributed by atoms with Crippen molar-refractivity contribution in [3.8, 4) is 0 Å². The molecule has 0 fully saturated rings. The number of amides is 1. The zero-order valence-corrected chi connectivity index (χ0v) is 13.1. The molecule has 2 aromatic carbocycles. The van der Waals surface area contributed by atoms with E-state index >= 15 is 0 Å². The Bertz CT molecular complexity index is 629. The van der Waals surface area contributed by atoms with Gasteiger partial charge in [-0.15, -0.1) is 0 Å². The molecule has 5 heteroatoms. The van der Waals surface area contributed by atoms with E-state index in [0.29, 0.717) is 5.69 Å². The molecule has 2 aromatic rings. The van der Waals surface area contributed by atoms with Crippen molar-refractivity contribution < 1.29 is 9.90 Å². The average Bonchev–Trinajstić information content (AvgIpc) is 2.49. The predicted molar refractivity (Wildman–Crippen MR) is 90.4 cm³/mol. The van der Waals surface area contributed by atoms with E-state index < -0.39 is 12.5 Å². The highest BCUT2D eigenvalue weighted by atomic mass is 35.5. The van der Waals surface area contributed by atoms with Crippen molar-refractivity contribution in [2.24, 2.45) is 0 Å². The number of anilines is 2. The van der Waals surface area contributed by atoms with Crippen LogP contribution in [0, 0.1) is 0 Å². The SMILES string of the molecule is CC(Cc1ccc(Cl)cc1)Nc1cccc(NC(=O)CO)c1. The van der Waals surface area contributed by atoms with Gasteiger partial charge in [0.2, 0.25) is 5.91 Å². The van der Waals surface area contributed by atoms with Crippen LogP contribution in [-0.4, -0.2) is 23.7 Å². The first-order valence-corrected chi connectivity index (χ1v) is 7.46. The van der Waals surface area contributed by atoms with Gasteiger partial charge in [-0.05, 0) is 49.2 Å². The van der Waals surface area contributed by atoms with Gasteiger partial charge in [0.15, 0.2) is 0 Å². The Morgan fingerprint density at radius 3 is 2.55 bits per heavy atom. The van der Waals surface area contributed by atoms with Gasteiger partial charge in [-0.3, -0.25) is 4.79 Å². The summed E-state index contributed by atoms with van der Waals surface area (Å²) in [7, 11) is 0. The van der Waals surface area contributed by atoms with Gasteiger partial charge in [0.05, 0.1) is 0 Å². The molecular formula is C17H19ClN2O2. The Labute approximate surface area is 135 Å². The van der Waals surface area contributed by atoms with Gasteiger partial charge in [0.1, 0.15) is 6.61 Å². The van der Waals surface area contributed by atoms with Gasteiger partial charge in [0.25, 0.3) is 0 Å². The molecular weight excluding hydrogens is 300 g/mol. The third-order valence-corrected chi connectivity index (χ3v) is 3.41. The fourth-order valence-corrected chi connectivity index (χ4v) is 2.32.